The summed E-state index contributed by atoms with van der Waals surface area (Å²) in [6, 6.07) is 8.16. The van der Waals surface area contributed by atoms with E-state index in [1.807, 2.05) is 12.1 Å². The Bertz CT molecular complexity index is 651. The normalized spacial score (nSPS) is 24.7. The molecule has 0 spiro atoms. The van der Waals surface area contributed by atoms with Crippen molar-refractivity contribution in [3.8, 4) is 5.75 Å². The molecule has 1 aliphatic heterocycles. The van der Waals surface area contributed by atoms with Crippen LogP contribution in [0.4, 0.5) is 5.69 Å². The largest absolute Gasteiger partial charge is 0.497 e. The quantitative estimate of drug-likeness (QED) is 0.784. The van der Waals surface area contributed by atoms with Crippen LogP contribution in [0.5, 0.6) is 5.75 Å². The molecule has 3 rings (SSSR count). The highest BCUT2D eigenvalue weighted by Gasteiger charge is 2.61. The maximum atomic E-state index is 13.0. The van der Waals surface area contributed by atoms with Crippen molar-refractivity contribution in [3.63, 3.8) is 0 Å². The topological polar surface area (TPSA) is 32.8 Å². The molecule has 25 heavy (non-hydrogen) atoms. The van der Waals surface area contributed by atoms with E-state index in [0.29, 0.717) is 11.8 Å². The number of allylic oxidation sites excluding steroid dienone is 2. The highest BCUT2D eigenvalue weighted by molar-refractivity contribution is 5.84. The van der Waals surface area contributed by atoms with Gasteiger partial charge in [0.1, 0.15) is 5.75 Å². The van der Waals surface area contributed by atoms with Gasteiger partial charge in [0, 0.05) is 31.9 Å². The average Bonchev–Trinajstić information content (AvgIpc) is 3.14. The molecule has 4 heteroatoms. The van der Waals surface area contributed by atoms with Crippen LogP contribution in [0.25, 0.3) is 0 Å². The summed E-state index contributed by atoms with van der Waals surface area (Å²) in [6.07, 6.45) is 2.27. The third-order valence-corrected chi connectivity index (χ3v) is 5.72. The van der Waals surface area contributed by atoms with Gasteiger partial charge >= 0.3 is 0 Å². The molecule has 2 aliphatic rings. The standard InChI is InChI=1S/C21H30N2O2/c1-15(2)14-18-19(21(18,3)4)20(24)23-12-10-22(11-13-23)16-6-8-17(25-5)9-7-16/h6-9,14,18-19H,10-13H2,1-5H3. The lowest BCUT2D eigenvalue weighted by Gasteiger charge is -2.36. The number of hydrogen-bond donors (Lipinski definition) is 0. The fourth-order valence-electron chi connectivity index (χ4n) is 3.99. The fraction of sp³-hybridized carbons (Fsp3) is 0.571. The Hall–Kier alpha value is -1.97. The van der Waals surface area contributed by atoms with Crippen LogP contribution in [0.1, 0.15) is 27.7 Å². The maximum Gasteiger partial charge on any atom is 0.226 e. The van der Waals surface area contributed by atoms with Gasteiger partial charge in [-0.15, -0.1) is 0 Å². The first-order valence-electron chi connectivity index (χ1n) is 9.17. The van der Waals surface area contributed by atoms with Gasteiger partial charge in [0.2, 0.25) is 5.91 Å². The molecule has 0 bridgehead atoms. The second-order valence-electron chi connectivity index (χ2n) is 8.08. The van der Waals surface area contributed by atoms with Crippen LogP contribution in [0.15, 0.2) is 35.9 Å². The van der Waals surface area contributed by atoms with Crippen LogP contribution in [-0.2, 0) is 4.79 Å². The second kappa shape index (κ2) is 6.74. The number of carbonyl (C=O) groups is 1. The van der Waals surface area contributed by atoms with E-state index < -0.39 is 0 Å². The van der Waals surface area contributed by atoms with Crippen molar-refractivity contribution in [1.82, 2.24) is 4.90 Å². The summed E-state index contributed by atoms with van der Waals surface area (Å²) < 4.78 is 5.22. The highest BCUT2D eigenvalue weighted by atomic mass is 16.5. The number of piperazine rings is 1. The zero-order valence-corrected chi connectivity index (χ0v) is 16.1. The molecule has 1 aliphatic carbocycles. The molecule has 1 amide bonds. The third-order valence-electron chi connectivity index (χ3n) is 5.72. The van der Waals surface area contributed by atoms with Crippen molar-refractivity contribution in [2.45, 2.75) is 27.7 Å². The monoisotopic (exact) mass is 342 g/mol. The number of hydrogen-bond acceptors (Lipinski definition) is 3. The van der Waals surface area contributed by atoms with Gasteiger partial charge in [-0.25, -0.2) is 0 Å². The number of nitrogens with zero attached hydrogens (tertiary/aromatic N) is 2. The molecule has 1 saturated heterocycles. The number of benzene rings is 1. The molecular weight excluding hydrogens is 312 g/mol. The first-order chi connectivity index (χ1) is 11.8. The van der Waals surface area contributed by atoms with Crippen LogP contribution in [0, 0.1) is 17.3 Å². The molecule has 4 nitrogen and oxygen atoms in total. The van der Waals surface area contributed by atoms with Gasteiger partial charge in [-0.2, -0.15) is 0 Å². The van der Waals surface area contributed by atoms with Crippen molar-refractivity contribution < 1.29 is 9.53 Å². The van der Waals surface area contributed by atoms with Gasteiger partial charge < -0.3 is 14.5 Å². The van der Waals surface area contributed by atoms with E-state index in [2.05, 4.69) is 55.7 Å². The number of amides is 1. The van der Waals surface area contributed by atoms with E-state index in [4.69, 9.17) is 4.74 Å². The number of carbonyl (C=O) groups excluding carboxylic acids is 1. The lowest BCUT2D eigenvalue weighted by molar-refractivity contribution is -0.133. The molecule has 0 N–H and O–H groups in total. The number of ether oxygens (including phenoxy) is 1. The molecule has 1 aromatic carbocycles. The SMILES string of the molecule is COc1ccc(N2CCN(C(=O)C3C(C=C(C)C)C3(C)C)CC2)cc1. The van der Waals surface area contributed by atoms with Crippen LogP contribution in [0.3, 0.4) is 0 Å². The van der Waals surface area contributed by atoms with Gasteiger partial charge in [-0.3, -0.25) is 4.79 Å². The fourth-order valence-corrected chi connectivity index (χ4v) is 3.99. The predicted octanol–water partition coefficient (Wildman–Crippen LogP) is 3.58. The molecule has 1 saturated carbocycles. The van der Waals surface area contributed by atoms with Crippen molar-refractivity contribution in [3.05, 3.63) is 35.9 Å². The summed E-state index contributed by atoms with van der Waals surface area (Å²) in [4.78, 5) is 17.4. The number of rotatable bonds is 4. The summed E-state index contributed by atoms with van der Waals surface area (Å²) in [7, 11) is 1.68. The van der Waals surface area contributed by atoms with Crippen molar-refractivity contribution >= 4 is 11.6 Å². The second-order valence-corrected chi connectivity index (χ2v) is 8.08. The number of methoxy groups -OCH3 is 1. The summed E-state index contributed by atoms with van der Waals surface area (Å²) in [6.45, 7) is 12.0. The number of anilines is 1. The van der Waals surface area contributed by atoms with E-state index >= 15 is 0 Å². The smallest absolute Gasteiger partial charge is 0.226 e. The average molecular weight is 342 g/mol. The Morgan fingerprint density at radius 1 is 1.12 bits per heavy atom. The molecule has 0 aromatic heterocycles. The summed E-state index contributed by atoms with van der Waals surface area (Å²) in [5.41, 5.74) is 2.60. The minimum atomic E-state index is 0.0987. The Morgan fingerprint density at radius 2 is 1.72 bits per heavy atom. The summed E-state index contributed by atoms with van der Waals surface area (Å²) >= 11 is 0. The minimum Gasteiger partial charge on any atom is -0.497 e. The third kappa shape index (κ3) is 3.53. The molecular formula is C21H30N2O2. The Morgan fingerprint density at radius 3 is 2.24 bits per heavy atom. The van der Waals surface area contributed by atoms with E-state index in [-0.39, 0.29) is 11.3 Å². The zero-order valence-electron chi connectivity index (χ0n) is 16.1. The van der Waals surface area contributed by atoms with Crippen LogP contribution in [-0.4, -0.2) is 44.1 Å². The molecule has 2 unspecified atom stereocenters. The zero-order chi connectivity index (χ0) is 18.2. The maximum absolute atomic E-state index is 13.0. The molecule has 1 aromatic rings. The predicted molar refractivity (Wildman–Crippen MR) is 102 cm³/mol. The first-order valence-corrected chi connectivity index (χ1v) is 9.17. The Labute approximate surface area is 151 Å². The van der Waals surface area contributed by atoms with Gasteiger partial charge in [0.05, 0.1) is 13.0 Å². The van der Waals surface area contributed by atoms with Crippen molar-refractivity contribution in [2.24, 2.45) is 17.3 Å². The van der Waals surface area contributed by atoms with Crippen LogP contribution in [0.2, 0.25) is 0 Å². The molecule has 1 heterocycles. The highest BCUT2D eigenvalue weighted by Crippen LogP contribution is 2.60. The lowest BCUT2D eigenvalue weighted by atomic mass is 10.1. The van der Waals surface area contributed by atoms with Gasteiger partial charge in [0.15, 0.2) is 0 Å². The molecule has 2 atom stereocenters. The Balaban J connectivity index is 1.59. The molecule has 136 valence electrons. The van der Waals surface area contributed by atoms with Gasteiger partial charge in [0.25, 0.3) is 0 Å². The Kier molecular flexibility index (Phi) is 4.81. The van der Waals surface area contributed by atoms with E-state index in [1.54, 1.807) is 7.11 Å². The van der Waals surface area contributed by atoms with Gasteiger partial charge in [-0.05, 0) is 49.4 Å². The van der Waals surface area contributed by atoms with Crippen LogP contribution < -0.4 is 9.64 Å². The minimum absolute atomic E-state index is 0.0987. The molecule has 0 radical (unpaired) electrons. The lowest BCUT2D eigenvalue weighted by Crippen LogP contribution is -2.49. The molecule has 2 fully saturated rings. The van der Waals surface area contributed by atoms with Crippen LogP contribution >= 0.6 is 0 Å². The van der Waals surface area contributed by atoms with Crippen molar-refractivity contribution in [1.29, 1.82) is 0 Å². The van der Waals surface area contributed by atoms with Crippen molar-refractivity contribution in [2.75, 3.05) is 38.2 Å². The summed E-state index contributed by atoms with van der Waals surface area (Å²) in [5, 5.41) is 0. The van der Waals surface area contributed by atoms with E-state index in [9.17, 15) is 4.79 Å². The summed E-state index contributed by atoms with van der Waals surface area (Å²) in [5.74, 6) is 1.75. The van der Waals surface area contributed by atoms with Gasteiger partial charge in [-0.1, -0.05) is 25.5 Å². The van der Waals surface area contributed by atoms with E-state index in [1.165, 1.54) is 11.3 Å². The first kappa shape index (κ1) is 17.8. The van der Waals surface area contributed by atoms with E-state index in [0.717, 1.165) is 31.9 Å².